The minimum Gasteiger partial charge on any atom is -0.748 e. The van der Waals surface area contributed by atoms with Gasteiger partial charge in [0.2, 0.25) is 0 Å². The Morgan fingerprint density at radius 2 is 1.06 bits per heavy atom. The van der Waals surface area contributed by atoms with Crippen LogP contribution in [-0.2, 0) is 41.9 Å². The van der Waals surface area contributed by atoms with E-state index in [-0.39, 0.29) is 112 Å². The van der Waals surface area contributed by atoms with E-state index in [2.05, 4.69) is 0 Å². The van der Waals surface area contributed by atoms with Crippen LogP contribution in [0.4, 0.5) is 0 Å². The van der Waals surface area contributed by atoms with E-state index in [0.29, 0.717) is 5.56 Å². The Morgan fingerprint density at radius 1 is 0.781 bits per heavy atom. The molecule has 4 N–H and O–H groups in total. The Labute approximate surface area is 259 Å². The standard InChI is InChI=1S/C7H8O4S.C7H8O2.2C2H6.3Na.HO3S/c8-7-4-2-1-3-6(7)5-12(9,10)11;8-5-6-3-1-2-4-7(6)9;2*1-2;;;;1-4(2)3/h1-4,8H,5H2,(H,9,10,11);1-4,8-9H,5H2;2*1-2H3;;;;(H,1,2,3)/q;;;;3*+1;-1/p-1. The van der Waals surface area contributed by atoms with Gasteiger partial charge in [0.15, 0.2) is 0 Å². The van der Waals surface area contributed by atoms with Gasteiger partial charge in [0.1, 0.15) is 11.5 Å². The van der Waals surface area contributed by atoms with E-state index in [9.17, 15) is 13.0 Å². The summed E-state index contributed by atoms with van der Waals surface area (Å²) in [5, 5.41) is 26.6. The number of aliphatic hydroxyl groups is 1. The van der Waals surface area contributed by atoms with Gasteiger partial charge in [-0.2, -0.15) is 0 Å². The molecular formula is C18H28Na3O9S2+. The fraction of sp³-hybridized carbons (Fsp3) is 0.333. The van der Waals surface area contributed by atoms with Gasteiger partial charge in [0.25, 0.3) is 0 Å². The fourth-order valence-electron chi connectivity index (χ4n) is 1.47. The van der Waals surface area contributed by atoms with Crippen molar-refractivity contribution in [3.8, 4) is 11.5 Å². The van der Waals surface area contributed by atoms with Gasteiger partial charge in [0, 0.05) is 22.1 Å². The summed E-state index contributed by atoms with van der Waals surface area (Å²) >= 11 is 0. The second-order valence-electron chi connectivity index (χ2n) is 4.33. The zero-order valence-electron chi connectivity index (χ0n) is 19.7. The molecular weight excluding hydrogens is 493 g/mol. The van der Waals surface area contributed by atoms with Crippen molar-refractivity contribution in [1.29, 1.82) is 0 Å². The molecule has 2 rings (SSSR count). The molecule has 2 aromatic rings. The summed E-state index contributed by atoms with van der Waals surface area (Å²) in [7, 11) is -7.17. The number of hydrogen-bond donors (Lipinski definition) is 4. The third kappa shape index (κ3) is 30.8. The summed E-state index contributed by atoms with van der Waals surface area (Å²) < 4.78 is 54.9. The van der Waals surface area contributed by atoms with Crippen LogP contribution in [-0.4, -0.2) is 32.8 Å². The van der Waals surface area contributed by atoms with E-state index in [4.69, 9.17) is 28.3 Å². The largest absolute Gasteiger partial charge is 1.00 e. The summed E-state index contributed by atoms with van der Waals surface area (Å²) in [6, 6.07) is 12.5. The monoisotopic (exact) mass is 521 g/mol. The van der Waals surface area contributed by atoms with Gasteiger partial charge in [0.05, 0.1) is 22.5 Å². The summed E-state index contributed by atoms with van der Waals surface area (Å²) in [6.07, 6.45) is 0. The van der Waals surface area contributed by atoms with Crippen molar-refractivity contribution in [1.82, 2.24) is 0 Å². The topological polar surface area (TPSA) is 172 Å². The van der Waals surface area contributed by atoms with Crippen molar-refractivity contribution in [2.75, 3.05) is 0 Å². The molecule has 0 fully saturated rings. The summed E-state index contributed by atoms with van der Waals surface area (Å²) in [5.74, 6) is -0.684. The molecule has 2 aromatic carbocycles. The molecule has 0 saturated carbocycles. The molecule has 0 radical (unpaired) electrons. The molecule has 168 valence electrons. The second kappa shape index (κ2) is 29.9. The van der Waals surface area contributed by atoms with E-state index in [0.717, 1.165) is 0 Å². The molecule has 0 aliphatic carbocycles. The van der Waals surface area contributed by atoms with E-state index in [1.165, 1.54) is 12.1 Å². The molecule has 0 saturated heterocycles. The quantitative estimate of drug-likeness (QED) is 0.133. The van der Waals surface area contributed by atoms with Crippen molar-refractivity contribution >= 4 is 21.1 Å². The van der Waals surface area contributed by atoms with Gasteiger partial charge in [-0.15, -0.1) is 0 Å². The number of benzene rings is 2. The van der Waals surface area contributed by atoms with Crippen LogP contribution in [0, 0.1) is 0 Å². The van der Waals surface area contributed by atoms with Crippen molar-refractivity contribution in [2.24, 2.45) is 0 Å². The van der Waals surface area contributed by atoms with Crippen LogP contribution < -0.4 is 88.7 Å². The Morgan fingerprint density at radius 3 is 1.28 bits per heavy atom. The van der Waals surface area contributed by atoms with Crippen LogP contribution >= 0.6 is 0 Å². The predicted octanol–water partition coefficient (Wildman–Crippen LogP) is -5.84. The smallest absolute Gasteiger partial charge is 0.748 e. The third-order valence-electron chi connectivity index (χ3n) is 2.49. The van der Waals surface area contributed by atoms with Crippen LogP contribution in [0.25, 0.3) is 0 Å². The molecule has 14 heteroatoms. The Bertz CT molecular complexity index is 839. The molecule has 0 aliphatic rings. The number of phenols is 2. The SMILES string of the molecule is CC.CC.O=S(=O)([O-])Cc1ccccc1O.O=[S-](=O)O.OCc1ccccc1O.[Na+].[Na+].[Na+]. The first-order chi connectivity index (χ1) is 13.6. The van der Waals surface area contributed by atoms with Crippen LogP contribution in [0.1, 0.15) is 38.8 Å². The van der Waals surface area contributed by atoms with Gasteiger partial charge in [-0.1, -0.05) is 64.1 Å². The molecule has 0 heterocycles. The Kier molecular flexibility index (Phi) is 43.1. The predicted molar refractivity (Wildman–Crippen MR) is 110 cm³/mol. The number of phenolic OH excluding ortho intramolecular Hbond substituents is 1. The molecule has 0 aliphatic heterocycles. The molecule has 0 bridgehead atoms. The number of aliphatic hydroxyl groups excluding tert-OH is 1. The minimum atomic E-state index is -4.31. The van der Waals surface area contributed by atoms with E-state index in [1.807, 2.05) is 27.7 Å². The maximum Gasteiger partial charge on any atom is 1.00 e. The van der Waals surface area contributed by atoms with Crippen LogP contribution in [0.3, 0.4) is 0 Å². The first-order valence-corrected chi connectivity index (χ1v) is 11.0. The van der Waals surface area contributed by atoms with Crippen molar-refractivity contribution in [3.63, 3.8) is 0 Å². The average molecular weight is 522 g/mol. The average Bonchev–Trinajstić information content (AvgIpc) is 2.66. The van der Waals surface area contributed by atoms with Gasteiger partial charge in [-0.25, -0.2) is 8.42 Å². The third-order valence-corrected chi connectivity index (χ3v) is 3.15. The van der Waals surface area contributed by atoms with Crippen LogP contribution in [0.5, 0.6) is 11.5 Å². The van der Waals surface area contributed by atoms with Gasteiger partial charge in [-0.05, 0) is 12.1 Å². The Balaban J connectivity index is -0.0000000757. The molecule has 0 aromatic heterocycles. The maximum atomic E-state index is 10.3. The second-order valence-corrected chi connectivity index (χ2v) is 6.17. The van der Waals surface area contributed by atoms with Gasteiger partial charge in [-0.3, -0.25) is 0 Å². The van der Waals surface area contributed by atoms with E-state index < -0.39 is 26.9 Å². The van der Waals surface area contributed by atoms with Crippen LogP contribution in [0.15, 0.2) is 48.5 Å². The number of para-hydroxylation sites is 2. The molecule has 32 heavy (non-hydrogen) atoms. The number of hydrogen-bond acceptors (Lipinski definition) is 9. The van der Waals surface area contributed by atoms with E-state index in [1.54, 1.807) is 36.4 Å². The molecule has 9 nitrogen and oxygen atoms in total. The molecule has 0 atom stereocenters. The van der Waals surface area contributed by atoms with Gasteiger partial charge >= 0.3 is 88.7 Å². The number of rotatable bonds is 3. The zero-order valence-corrected chi connectivity index (χ0v) is 27.3. The summed E-state index contributed by atoms with van der Waals surface area (Å²) in [6.45, 7) is 7.90. The number of aromatic hydroxyl groups is 2. The normalized spacial score (nSPS) is 8.38. The zero-order chi connectivity index (χ0) is 23.5. The summed E-state index contributed by atoms with van der Waals surface area (Å²) in [4.78, 5) is 0. The van der Waals surface area contributed by atoms with Crippen LogP contribution in [0.2, 0.25) is 0 Å². The first kappa shape index (κ1) is 46.2. The molecule has 0 amide bonds. The summed E-state index contributed by atoms with van der Waals surface area (Å²) in [5.41, 5.74) is 0.699. The van der Waals surface area contributed by atoms with Crippen molar-refractivity contribution in [2.45, 2.75) is 40.1 Å². The molecule has 0 unspecified atom stereocenters. The van der Waals surface area contributed by atoms with Gasteiger partial charge < -0.3 is 32.8 Å². The molecule has 0 spiro atoms. The minimum absolute atomic E-state index is 0. The van der Waals surface area contributed by atoms with Crippen molar-refractivity contribution in [3.05, 3.63) is 59.7 Å². The van der Waals surface area contributed by atoms with E-state index >= 15 is 0 Å². The first-order valence-electron chi connectivity index (χ1n) is 8.43. The Hall–Kier alpha value is 0.820. The van der Waals surface area contributed by atoms with Crippen molar-refractivity contribution < 1.29 is 130 Å². The fourth-order valence-corrected chi connectivity index (χ4v) is 2.09. The maximum absolute atomic E-state index is 10.3.